The Morgan fingerprint density at radius 1 is 0.811 bits per heavy atom. The van der Waals surface area contributed by atoms with Crippen molar-refractivity contribution in [3.8, 4) is 11.5 Å². The molecule has 0 saturated carbocycles. The molecule has 0 amide bonds. The Bertz CT molecular complexity index is 994. The van der Waals surface area contributed by atoms with Crippen molar-refractivity contribution in [2.24, 2.45) is 0 Å². The summed E-state index contributed by atoms with van der Waals surface area (Å²) in [6, 6.07) is 24.5. The maximum absolute atomic E-state index is 15.7. The van der Waals surface area contributed by atoms with Crippen LogP contribution in [0.2, 0.25) is 0 Å². The van der Waals surface area contributed by atoms with E-state index in [2.05, 4.69) is 0 Å². The predicted molar refractivity (Wildman–Crippen MR) is 141 cm³/mol. The number of aliphatic hydroxyl groups is 2. The molecule has 3 aromatic carbocycles. The van der Waals surface area contributed by atoms with Gasteiger partial charge in [-0.05, 0) is 47.4 Å². The van der Waals surface area contributed by atoms with Crippen molar-refractivity contribution < 1.29 is 33.6 Å². The zero-order chi connectivity index (χ0) is 26.7. The Labute approximate surface area is 218 Å². The van der Waals surface area contributed by atoms with Gasteiger partial charge in [0.2, 0.25) is 0 Å². The van der Waals surface area contributed by atoms with Gasteiger partial charge in [-0.3, -0.25) is 0 Å². The maximum Gasteiger partial charge on any atom is 0.152 e. The second-order valence-corrected chi connectivity index (χ2v) is 8.77. The van der Waals surface area contributed by atoms with Gasteiger partial charge in [-0.15, -0.1) is 0 Å². The molecule has 37 heavy (non-hydrogen) atoms. The SMILES string of the molecule is CCCCO[C@H](C(O)CO)[C@@H](F)COC(c1ccccc1)(c1ccc(OC)cc1)c1ccc(OC)cc1. The van der Waals surface area contributed by atoms with Crippen molar-refractivity contribution >= 4 is 0 Å². The Balaban J connectivity index is 2.07. The number of methoxy groups -OCH3 is 2. The van der Waals surface area contributed by atoms with Crippen LogP contribution in [0.5, 0.6) is 11.5 Å². The molecule has 0 aromatic heterocycles. The number of hydrogen-bond donors (Lipinski definition) is 2. The average molecular weight is 513 g/mol. The van der Waals surface area contributed by atoms with E-state index >= 15 is 4.39 Å². The number of unbranched alkanes of at least 4 members (excludes halogenated alkanes) is 1. The Hall–Kier alpha value is -2.97. The summed E-state index contributed by atoms with van der Waals surface area (Å²) in [6.45, 7) is 1.27. The van der Waals surface area contributed by atoms with Crippen LogP contribution in [0.4, 0.5) is 4.39 Å². The summed E-state index contributed by atoms with van der Waals surface area (Å²) in [6.07, 6.45) is -2.71. The maximum atomic E-state index is 15.7. The highest BCUT2D eigenvalue weighted by molar-refractivity contribution is 5.49. The molecule has 0 saturated heterocycles. The summed E-state index contributed by atoms with van der Waals surface area (Å²) in [7, 11) is 3.19. The third-order valence-corrected chi connectivity index (χ3v) is 6.36. The molecule has 0 radical (unpaired) electrons. The molecule has 0 spiro atoms. The topological polar surface area (TPSA) is 77.4 Å². The molecule has 0 bridgehead atoms. The first-order valence-corrected chi connectivity index (χ1v) is 12.5. The minimum Gasteiger partial charge on any atom is -0.497 e. The van der Waals surface area contributed by atoms with Gasteiger partial charge in [-0.25, -0.2) is 4.39 Å². The molecule has 200 valence electrons. The fourth-order valence-corrected chi connectivity index (χ4v) is 4.30. The Kier molecular flexibility index (Phi) is 10.9. The molecule has 3 rings (SSSR count). The first kappa shape index (κ1) is 28.6. The standard InChI is InChI=1S/C30H37FO6/c1-4-5-19-36-29(28(33)20-32)27(31)21-37-30(22-9-7-6-8-10-22,23-11-15-25(34-2)16-12-23)24-13-17-26(35-3)18-14-24/h6-18,27-29,32-33H,4-5,19-21H2,1-3H3/t27-,28?,29-/m0/s1. The van der Waals surface area contributed by atoms with Crippen LogP contribution >= 0.6 is 0 Å². The molecule has 1 unspecified atom stereocenters. The molecule has 6 nitrogen and oxygen atoms in total. The highest BCUT2D eigenvalue weighted by Crippen LogP contribution is 2.42. The van der Waals surface area contributed by atoms with Gasteiger partial charge in [0, 0.05) is 6.61 Å². The molecule has 7 heteroatoms. The fraction of sp³-hybridized carbons (Fsp3) is 0.400. The van der Waals surface area contributed by atoms with Crippen LogP contribution in [0.1, 0.15) is 36.5 Å². The van der Waals surface area contributed by atoms with Crippen molar-refractivity contribution in [2.75, 3.05) is 34.0 Å². The van der Waals surface area contributed by atoms with Crippen molar-refractivity contribution in [1.29, 1.82) is 0 Å². The van der Waals surface area contributed by atoms with Gasteiger partial charge in [0.1, 0.15) is 29.3 Å². The highest BCUT2D eigenvalue weighted by atomic mass is 19.1. The molecule has 0 aliphatic rings. The summed E-state index contributed by atoms with van der Waals surface area (Å²) in [5.74, 6) is 1.36. The predicted octanol–water partition coefficient (Wildman–Crippen LogP) is 4.89. The number of benzene rings is 3. The van der Waals surface area contributed by atoms with Crippen LogP contribution in [0, 0.1) is 0 Å². The summed E-state index contributed by atoms with van der Waals surface area (Å²) < 4.78 is 38.6. The number of alkyl halides is 1. The lowest BCUT2D eigenvalue weighted by molar-refractivity contribution is -0.120. The van der Waals surface area contributed by atoms with E-state index in [4.69, 9.17) is 18.9 Å². The van der Waals surface area contributed by atoms with Gasteiger partial charge in [-0.2, -0.15) is 0 Å². The number of ether oxygens (including phenoxy) is 4. The normalized spacial score (nSPS) is 14.1. The van der Waals surface area contributed by atoms with Gasteiger partial charge in [0.15, 0.2) is 6.17 Å². The lowest BCUT2D eigenvalue weighted by Gasteiger charge is -2.37. The third kappa shape index (κ3) is 6.87. The average Bonchev–Trinajstić information content (AvgIpc) is 2.96. The third-order valence-electron chi connectivity index (χ3n) is 6.36. The van der Waals surface area contributed by atoms with Crippen LogP contribution in [-0.2, 0) is 15.1 Å². The molecule has 2 N–H and O–H groups in total. The van der Waals surface area contributed by atoms with Crippen LogP contribution < -0.4 is 9.47 Å². The summed E-state index contributed by atoms with van der Waals surface area (Å²) >= 11 is 0. The van der Waals surface area contributed by atoms with Crippen LogP contribution in [-0.4, -0.2) is 62.6 Å². The first-order chi connectivity index (χ1) is 18.0. The summed E-state index contributed by atoms with van der Waals surface area (Å²) in [5, 5.41) is 19.8. The van der Waals surface area contributed by atoms with E-state index in [9.17, 15) is 10.2 Å². The molecule has 3 aromatic rings. The second-order valence-electron chi connectivity index (χ2n) is 8.77. The van der Waals surface area contributed by atoms with Crippen molar-refractivity contribution in [3.05, 3.63) is 95.6 Å². The van der Waals surface area contributed by atoms with Gasteiger partial charge >= 0.3 is 0 Å². The van der Waals surface area contributed by atoms with Gasteiger partial charge in [0.05, 0.1) is 27.4 Å². The monoisotopic (exact) mass is 512 g/mol. The lowest BCUT2D eigenvalue weighted by atomic mass is 9.80. The van der Waals surface area contributed by atoms with E-state index in [0.717, 1.165) is 23.1 Å². The minimum absolute atomic E-state index is 0.277. The zero-order valence-corrected chi connectivity index (χ0v) is 21.7. The smallest absolute Gasteiger partial charge is 0.152 e. The number of aliphatic hydroxyl groups excluding tert-OH is 2. The van der Waals surface area contributed by atoms with Gasteiger partial charge in [0.25, 0.3) is 0 Å². The van der Waals surface area contributed by atoms with Crippen LogP contribution in [0.15, 0.2) is 78.9 Å². The lowest BCUT2D eigenvalue weighted by Crippen LogP contribution is -2.44. The van der Waals surface area contributed by atoms with Crippen LogP contribution in [0.25, 0.3) is 0 Å². The van der Waals surface area contributed by atoms with Crippen molar-refractivity contribution in [3.63, 3.8) is 0 Å². The Morgan fingerprint density at radius 2 is 1.32 bits per heavy atom. The largest absolute Gasteiger partial charge is 0.497 e. The number of halogens is 1. The molecular weight excluding hydrogens is 475 g/mol. The van der Waals surface area contributed by atoms with Gasteiger partial charge < -0.3 is 29.2 Å². The zero-order valence-electron chi connectivity index (χ0n) is 21.7. The molecular formula is C30H37FO6. The summed E-state index contributed by atoms with van der Waals surface area (Å²) in [4.78, 5) is 0. The second kappa shape index (κ2) is 14.1. The van der Waals surface area contributed by atoms with E-state index < -0.39 is 30.6 Å². The highest BCUT2D eigenvalue weighted by Gasteiger charge is 2.40. The van der Waals surface area contributed by atoms with E-state index in [1.54, 1.807) is 14.2 Å². The van der Waals surface area contributed by atoms with Crippen LogP contribution in [0.3, 0.4) is 0 Å². The molecule has 0 aliphatic heterocycles. The molecule has 3 atom stereocenters. The number of hydrogen-bond acceptors (Lipinski definition) is 6. The van der Waals surface area contributed by atoms with E-state index in [-0.39, 0.29) is 13.2 Å². The summed E-state index contributed by atoms with van der Waals surface area (Å²) in [5.41, 5.74) is 1.14. The van der Waals surface area contributed by atoms with E-state index in [1.807, 2.05) is 85.8 Å². The molecule has 0 fully saturated rings. The first-order valence-electron chi connectivity index (χ1n) is 12.5. The fourth-order valence-electron chi connectivity index (χ4n) is 4.30. The van der Waals surface area contributed by atoms with Crippen molar-refractivity contribution in [1.82, 2.24) is 0 Å². The Morgan fingerprint density at radius 3 is 1.78 bits per heavy atom. The molecule has 0 heterocycles. The number of rotatable bonds is 15. The van der Waals surface area contributed by atoms with E-state index in [1.165, 1.54) is 0 Å². The van der Waals surface area contributed by atoms with Crippen molar-refractivity contribution in [2.45, 2.75) is 43.7 Å². The molecule has 0 aliphatic carbocycles. The minimum atomic E-state index is -1.70. The van der Waals surface area contributed by atoms with E-state index in [0.29, 0.717) is 17.9 Å². The van der Waals surface area contributed by atoms with Gasteiger partial charge in [-0.1, -0.05) is 67.9 Å². The quantitative estimate of drug-likeness (QED) is 0.223.